The number of rotatable bonds is 8. The number of nitrogens with one attached hydrogen (secondary N) is 1. The molecule has 1 rings (SSSR count). The van der Waals surface area contributed by atoms with E-state index in [9.17, 15) is 8.42 Å². The Morgan fingerprint density at radius 3 is 2.53 bits per heavy atom. The third-order valence-corrected chi connectivity index (χ3v) is 4.10. The second-order valence-electron chi connectivity index (χ2n) is 4.53. The van der Waals surface area contributed by atoms with E-state index >= 15 is 0 Å². The van der Waals surface area contributed by atoms with Gasteiger partial charge in [0.25, 0.3) is 0 Å². The first-order chi connectivity index (χ1) is 8.95. The van der Waals surface area contributed by atoms with Gasteiger partial charge >= 0.3 is 0 Å². The SMILES string of the molecule is CCCCCCCNc1cc(S(N)(=O)=O)ccc1Cl. The van der Waals surface area contributed by atoms with E-state index in [-0.39, 0.29) is 4.90 Å². The van der Waals surface area contributed by atoms with E-state index < -0.39 is 10.0 Å². The summed E-state index contributed by atoms with van der Waals surface area (Å²) in [6.45, 7) is 2.95. The monoisotopic (exact) mass is 304 g/mol. The van der Waals surface area contributed by atoms with Crippen molar-refractivity contribution in [1.29, 1.82) is 0 Å². The number of benzene rings is 1. The van der Waals surface area contributed by atoms with E-state index in [1.165, 1.54) is 31.4 Å². The summed E-state index contributed by atoms with van der Waals surface area (Å²) in [6.07, 6.45) is 5.89. The Kier molecular flexibility index (Phi) is 6.62. The van der Waals surface area contributed by atoms with Crippen LogP contribution in [0.1, 0.15) is 39.0 Å². The van der Waals surface area contributed by atoms with Crippen LogP contribution in [0.5, 0.6) is 0 Å². The number of nitrogens with two attached hydrogens (primary N) is 1. The highest BCUT2D eigenvalue weighted by molar-refractivity contribution is 7.89. The molecule has 0 bridgehead atoms. The van der Waals surface area contributed by atoms with Crippen molar-refractivity contribution >= 4 is 27.3 Å². The molecule has 0 aromatic heterocycles. The molecular formula is C13H21ClN2O2S. The Morgan fingerprint density at radius 1 is 1.21 bits per heavy atom. The van der Waals surface area contributed by atoms with Crippen LogP contribution in [0.2, 0.25) is 5.02 Å². The van der Waals surface area contributed by atoms with Crippen molar-refractivity contribution < 1.29 is 8.42 Å². The maximum Gasteiger partial charge on any atom is 0.238 e. The number of halogens is 1. The number of hydrogen-bond acceptors (Lipinski definition) is 3. The Labute approximate surface area is 120 Å². The third kappa shape index (κ3) is 5.80. The molecule has 0 aliphatic rings. The van der Waals surface area contributed by atoms with Crippen molar-refractivity contribution in [1.82, 2.24) is 0 Å². The molecule has 0 radical (unpaired) electrons. The number of primary sulfonamides is 1. The quantitative estimate of drug-likeness (QED) is 0.723. The van der Waals surface area contributed by atoms with Gasteiger partial charge in [-0.25, -0.2) is 13.6 Å². The zero-order chi connectivity index (χ0) is 14.3. The van der Waals surface area contributed by atoms with Gasteiger partial charge in [0.15, 0.2) is 0 Å². The summed E-state index contributed by atoms with van der Waals surface area (Å²) in [5.74, 6) is 0. The third-order valence-electron chi connectivity index (χ3n) is 2.86. The Bertz CT molecular complexity index is 503. The molecule has 6 heteroatoms. The highest BCUT2D eigenvalue weighted by atomic mass is 35.5. The maximum absolute atomic E-state index is 11.3. The maximum atomic E-state index is 11.3. The van der Waals surface area contributed by atoms with Crippen molar-refractivity contribution in [2.75, 3.05) is 11.9 Å². The summed E-state index contributed by atoms with van der Waals surface area (Å²) in [5, 5.41) is 8.74. The summed E-state index contributed by atoms with van der Waals surface area (Å²) < 4.78 is 22.5. The molecule has 0 heterocycles. The lowest BCUT2D eigenvalue weighted by Gasteiger charge is -2.09. The molecule has 1 aromatic rings. The van der Waals surface area contributed by atoms with Crippen LogP contribution in [0.25, 0.3) is 0 Å². The smallest absolute Gasteiger partial charge is 0.238 e. The van der Waals surface area contributed by atoms with Crippen LogP contribution in [0.4, 0.5) is 5.69 Å². The summed E-state index contributed by atoms with van der Waals surface area (Å²) in [6, 6.07) is 4.43. The molecular weight excluding hydrogens is 284 g/mol. The highest BCUT2D eigenvalue weighted by Gasteiger charge is 2.10. The zero-order valence-corrected chi connectivity index (χ0v) is 12.7. The number of sulfonamides is 1. The lowest BCUT2D eigenvalue weighted by atomic mass is 10.1. The van der Waals surface area contributed by atoms with Gasteiger partial charge in [0.2, 0.25) is 10.0 Å². The fourth-order valence-electron chi connectivity index (χ4n) is 1.77. The molecule has 0 amide bonds. The second kappa shape index (κ2) is 7.72. The van der Waals surface area contributed by atoms with Crippen molar-refractivity contribution in [3.8, 4) is 0 Å². The molecule has 0 unspecified atom stereocenters. The average Bonchev–Trinajstić information content (AvgIpc) is 2.34. The minimum atomic E-state index is -3.68. The fraction of sp³-hybridized carbons (Fsp3) is 0.538. The molecule has 108 valence electrons. The molecule has 0 spiro atoms. The van der Waals surface area contributed by atoms with E-state index in [4.69, 9.17) is 16.7 Å². The van der Waals surface area contributed by atoms with Crippen LogP contribution >= 0.6 is 11.6 Å². The molecule has 1 aromatic carbocycles. The number of hydrogen-bond donors (Lipinski definition) is 2. The Hall–Kier alpha value is -0.780. The van der Waals surface area contributed by atoms with Gasteiger partial charge in [-0.15, -0.1) is 0 Å². The molecule has 3 N–H and O–H groups in total. The molecule has 0 fully saturated rings. The van der Waals surface area contributed by atoms with Gasteiger partial charge in [-0.05, 0) is 24.6 Å². The van der Waals surface area contributed by atoms with Crippen LogP contribution in [0.3, 0.4) is 0 Å². The zero-order valence-electron chi connectivity index (χ0n) is 11.2. The van der Waals surface area contributed by atoms with Gasteiger partial charge in [-0.1, -0.05) is 44.2 Å². The molecule has 0 aliphatic carbocycles. The highest BCUT2D eigenvalue weighted by Crippen LogP contribution is 2.24. The molecule has 19 heavy (non-hydrogen) atoms. The van der Waals surface area contributed by atoms with Gasteiger partial charge in [-0.2, -0.15) is 0 Å². The van der Waals surface area contributed by atoms with Gasteiger partial charge in [0, 0.05) is 6.54 Å². The summed E-state index contributed by atoms with van der Waals surface area (Å²) in [4.78, 5) is 0.0744. The van der Waals surface area contributed by atoms with Crippen LogP contribution in [0, 0.1) is 0 Å². The number of anilines is 1. The van der Waals surface area contributed by atoms with Crippen molar-refractivity contribution in [2.24, 2.45) is 5.14 Å². The first kappa shape index (κ1) is 16.3. The van der Waals surface area contributed by atoms with E-state index in [0.29, 0.717) is 10.7 Å². The molecule has 0 atom stereocenters. The van der Waals surface area contributed by atoms with Gasteiger partial charge in [0.05, 0.1) is 15.6 Å². The van der Waals surface area contributed by atoms with Gasteiger partial charge < -0.3 is 5.32 Å². The van der Waals surface area contributed by atoms with Crippen LogP contribution in [-0.4, -0.2) is 15.0 Å². The largest absolute Gasteiger partial charge is 0.384 e. The predicted molar refractivity (Wildman–Crippen MR) is 80.1 cm³/mol. The summed E-state index contributed by atoms with van der Waals surface area (Å²) in [5.41, 5.74) is 0.615. The van der Waals surface area contributed by atoms with Crippen molar-refractivity contribution in [3.63, 3.8) is 0 Å². The lowest BCUT2D eigenvalue weighted by molar-refractivity contribution is 0.598. The molecule has 0 aliphatic heterocycles. The van der Waals surface area contributed by atoms with Gasteiger partial charge in [-0.3, -0.25) is 0 Å². The first-order valence-corrected chi connectivity index (χ1v) is 8.44. The van der Waals surface area contributed by atoms with Crippen LogP contribution in [-0.2, 0) is 10.0 Å². The minimum Gasteiger partial charge on any atom is -0.384 e. The summed E-state index contributed by atoms with van der Waals surface area (Å²) in [7, 11) is -3.68. The number of unbranched alkanes of at least 4 members (excludes halogenated alkanes) is 4. The van der Waals surface area contributed by atoms with Crippen LogP contribution < -0.4 is 10.5 Å². The van der Waals surface area contributed by atoms with E-state index in [1.807, 2.05) is 0 Å². The van der Waals surface area contributed by atoms with Crippen molar-refractivity contribution in [2.45, 2.75) is 43.9 Å². The topological polar surface area (TPSA) is 72.2 Å². The van der Waals surface area contributed by atoms with Crippen LogP contribution in [0.15, 0.2) is 23.1 Å². The average molecular weight is 305 g/mol. The normalized spacial score (nSPS) is 11.5. The Morgan fingerprint density at radius 2 is 1.89 bits per heavy atom. The predicted octanol–water partition coefficient (Wildman–Crippen LogP) is 3.37. The van der Waals surface area contributed by atoms with E-state index in [1.54, 1.807) is 6.07 Å². The molecule has 4 nitrogen and oxygen atoms in total. The summed E-state index contributed by atoms with van der Waals surface area (Å²) >= 11 is 6.01. The fourth-order valence-corrected chi connectivity index (χ4v) is 2.49. The molecule has 0 saturated heterocycles. The second-order valence-corrected chi connectivity index (χ2v) is 6.50. The van der Waals surface area contributed by atoms with Gasteiger partial charge in [0.1, 0.15) is 0 Å². The standard InChI is InChI=1S/C13H21ClN2O2S/c1-2-3-4-5-6-9-16-13-10-11(19(15,17)18)7-8-12(13)14/h7-8,10,16H,2-6,9H2,1H3,(H2,15,17,18). The Balaban J connectivity index is 2.53. The van der Waals surface area contributed by atoms with Crippen molar-refractivity contribution in [3.05, 3.63) is 23.2 Å². The molecule has 0 saturated carbocycles. The van der Waals surface area contributed by atoms with E-state index in [2.05, 4.69) is 12.2 Å². The lowest BCUT2D eigenvalue weighted by Crippen LogP contribution is -2.12. The first-order valence-electron chi connectivity index (χ1n) is 6.51. The van der Waals surface area contributed by atoms with E-state index in [0.717, 1.165) is 19.4 Å². The minimum absolute atomic E-state index is 0.0744.